The second-order valence-electron chi connectivity index (χ2n) is 3.79. The summed E-state index contributed by atoms with van der Waals surface area (Å²) < 4.78 is 10.8. The topological polar surface area (TPSA) is 22.4 Å². The maximum Gasteiger partial charge on any atom is 0.126 e. The molecule has 3 heteroatoms. The van der Waals surface area contributed by atoms with E-state index in [0.717, 1.165) is 29.3 Å². The van der Waals surface area contributed by atoms with Crippen LogP contribution in [0, 0.1) is 0 Å². The SMILES string of the molecule is CCc1ccc(C(Cl)c2ccc(OC)cc2)o1. The van der Waals surface area contributed by atoms with Gasteiger partial charge in [0, 0.05) is 6.42 Å². The molecule has 0 fully saturated rings. The number of ether oxygens (including phenoxy) is 1. The van der Waals surface area contributed by atoms with Crippen LogP contribution in [0.1, 0.15) is 29.4 Å². The number of benzene rings is 1. The maximum atomic E-state index is 6.36. The Hall–Kier alpha value is -1.41. The molecule has 1 unspecified atom stereocenters. The Kier molecular flexibility index (Phi) is 3.75. The first-order valence-electron chi connectivity index (χ1n) is 5.61. The summed E-state index contributed by atoms with van der Waals surface area (Å²) in [6.07, 6.45) is 0.881. The minimum Gasteiger partial charge on any atom is -0.497 e. The molecular formula is C14H15ClO2. The van der Waals surface area contributed by atoms with E-state index in [1.165, 1.54) is 0 Å². The van der Waals surface area contributed by atoms with Crippen molar-refractivity contribution in [1.29, 1.82) is 0 Å². The van der Waals surface area contributed by atoms with Crippen LogP contribution in [-0.2, 0) is 6.42 Å². The molecule has 0 spiro atoms. The summed E-state index contributed by atoms with van der Waals surface area (Å²) in [5, 5.41) is -0.249. The van der Waals surface area contributed by atoms with Crippen molar-refractivity contribution in [3.8, 4) is 5.75 Å². The van der Waals surface area contributed by atoms with Gasteiger partial charge in [0.2, 0.25) is 0 Å². The normalized spacial score (nSPS) is 12.4. The van der Waals surface area contributed by atoms with Crippen LogP contribution < -0.4 is 4.74 Å². The fraction of sp³-hybridized carbons (Fsp3) is 0.286. The zero-order valence-corrected chi connectivity index (χ0v) is 10.7. The predicted molar refractivity (Wildman–Crippen MR) is 68.8 cm³/mol. The molecule has 1 atom stereocenters. The molecule has 1 aromatic heterocycles. The van der Waals surface area contributed by atoms with Crippen molar-refractivity contribution in [1.82, 2.24) is 0 Å². The number of rotatable bonds is 4. The number of furan rings is 1. The van der Waals surface area contributed by atoms with Crippen molar-refractivity contribution in [3.63, 3.8) is 0 Å². The lowest BCUT2D eigenvalue weighted by atomic mass is 10.1. The van der Waals surface area contributed by atoms with Crippen molar-refractivity contribution < 1.29 is 9.15 Å². The standard InChI is InChI=1S/C14H15ClO2/c1-3-11-8-9-13(17-11)14(15)10-4-6-12(16-2)7-5-10/h4-9,14H,3H2,1-2H3. The first-order valence-corrected chi connectivity index (χ1v) is 6.05. The van der Waals surface area contributed by atoms with E-state index in [2.05, 4.69) is 6.92 Å². The molecular weight excluding hydrogens is 236 g/mol. The van der Waals surface area contributed by atoms with E-state index < -0.39 is 0 Å². The fourth-order valence-electron chi connectivity index (χ4n) is 1.66. The van der Waals surface area contributed by atoms with E-state index in [1.807, 2.05) is 36.4 Å². The summed E-state index contributed by atoms with van der Waals surface area (Å²) in [7, 11) is 1.65. The third-order valence-electron chi connectivity index (χ3n) is 2.69. The summed E-state index contributed by atoms with van der Waals surface area (Å²) in [4.78, 5) is 0. The van der Waals surface area contributed by atoms with E-state index in [9.17, 15) is 0 Å². The first-order chi connectivity index (χ1) is 8.24. The van der Waals surface area contributed by atoms with Gasteiger partial charge in [0.05, 0.1) is 7.11 Å². The van der Waals surface area contributed by atoms with Gasteiger partial charge in [-0.25, -0.2) is 0 Å². The molecule has 1 heterocycles. The highest BCUT2D eigenvalue weighted by molar-refractivity contribution is 6.22. The van der Waals surface area contributed by atoms with E-state index in [1.54, 1.807) is 7.11 Å². The number of alkyl halides is 1. The molecule has 2 nitrogen and oxygen atoms in total. The van der Waals surface area contributed by atoms with Crippen LogP contribution in [0.25, 0.3) is 0 Å². The predicted octanol–water partition coefficient (Wildman–Crippen LogP) is 4.18. The minimum atomic E-state index is -0.249. The van der Waals surface area contributed by atoms with Crippen LogP contribution in [-0.4, -0.2) is 7.11 Å². The largest absolute Gasteiger partial charge is 0.497 e. The monoisotopic (exact) mass is 250 g/mol. The Morgan fingerprint density at radius 2 is 1.88 bits per heavy atom. The number of methoxy groups -OCH3 is 1. The lowest BCUT2D eigenvalue weighted by Gasteiger charge is -2.07. The molecule has 2 aromatic rings. The van der Waals surface area contributed by atoms with Gasteiger partial charge >= 0.3 is 0 Å². The lowest BCUT2D eigenvalue weighted by Crippen LogP contribution is -1.91. The minimum absolute atomic E-state index is 0.249. The Morgan fingerprint density at radius 3 is 2.41 bits per heavy atom. The summed E-state index contributed by atoms with van der Waals surface area (Å²) in [5.41, 5.74) is 1.00. The van der Waals surface area contributed by atoms with Gasteiger partial charge in [-0.15, -0.1) is 11.6 Å². The number of aryl methyl sites for hydroxylation is 1. The molecule has 0 saturated carbocycles. The molecule has 0 radical (unpaired) electrons. The number of halogens is 1. The van der Waals surface area contributed by atoms with E-state index in [0.29, 0.717) is 0 Å². The molecule has 0 aliphatic carbocycles. The van der Waals surface area contributed by atoms with E-state index >= 15 is 0 Å². The summed E-state index contributed by atoms with van der Waals surface area (Å²) >= 11 is 6.36. The highest BCUT2D eigenvalue weighted by Gasteiger charge is 2.14. The molecule has 17 heavy (non-hydrogen) atoms. The lowest BCUT2D eigenvalue weighted by molar-refractivity contribution is 0.414. The Labute approximate surface area is 106 Å². The summed E-state index contributed by atoms with van der Waals surface area (Å²) in [6, 6.07) is 11.6. The molecule has 0 amide bonds. The average Bonchev–Trinajstić information content (AvgIpc) is 2.87. The molecule has 90 valence electrons. The van der Waals surface area contributed by atoms with Crippen molar-refractivity contribution in [2.45, 2.75) is 18.7 Å². The molecule has 0 aliphatic rings. The van der Waals surface area contributed by atoms with Gasteiger partial charge in [-0.1, -0.05) is 19.1 Å². The third-order valence-corrected chi connectivity index (χ3v) is 3.16. The molecule has 0 aliphatic heterocycles. The molecule has 0 N–H and O–H groups in total. The second kappa shape index (κ2) is 5.28. The van der Waals surface area contributed by atoms with Crippen LogP contribution in [0.15, 0.2) is 40.8 Å². The van der Waals surface area contributed by atoms with Crippen molar-refractivity contribution in [2.75, 3.05) is 7.11 Å². The molecule has 0 saturated heterocycles. The average molecular weight is 251 g/mol. The van der Waals surface area contributed by atoms with E-state index in [-0.39, 0.29) is 5.38 Å². The molecule has 1 aromatic carbocycles. The highest BCUT2D eigenvalue weighted by Crippen LogP contribution is 2.31. The van der Waals surface area contributed by atoms with Gasteiger partial charge in [0.25, 0.3) is 0 Å². The van der Waals surface area contributed by atoms with Gasteiger partial charge < -0.3 is 9.15 Å². The molecule has 0 bridgehead atoms. The van der Waals surface area contributed by atoms with Gasteiger partial charge in [-0.05, 0) is 29.8 Å². The van der Waals surface area contributed by atoms with Crippen LogP contribution in [0.2, 0.25) is 0 Å². The Bertz CT molecular complexity index is 473. The zero-order chi connectivity index (χ0) is 12.3. The highest BCUT2D eigenvalue weighted by atomic mass is 35.5. The first kappa shape index (κ1) is 12.1. The Morgan fingerprint density at radius 1 is 1.18 bits per heavy atom. The second-order valence-corrected chi connectivity index (χ2v) is 4.23. The summed E-state index contributed by atoms with van der Waals surface area (Å²) in [5.74, 6) is 2.57. The van der Waals surface area contributed by atoms with Crippen LogP contribution in [0.4, 0.5) is 0 Å². The smallest absolute Gasteiger partial charge is 0.126 e. The fourth-order valence-corrected chi connectivity index (χ4v) is 1.92. The van der Waals surface area contributed by atoms with Crippen molar-refractivity contribution in [2.24, 2.45) is 0 Å². The van der Waals surface area contributed by atoms with Gasteiger partial charge in [-0.2, -0.15) is 0 Å². The maximum absolute atomic E-state index is 6.36. The van der Waals surface area contributed by atoms with Gasteiger partial charge in [-0.3, -0.25) is 0 Å². The van der Waals surface area contributed by atoms with Crippen LogP contribution in [0.5, 0.6) is 5.75 Å². The number of hydrogen-bond donors (Lipinski definition) is 0. The van der Waals surface area contributed by atoms with Gasteiger partial charge in [0.1, 0.15) is 22.6 Å². The van der Waals surface area contributed by atoms with Crippen LogP contribution >= 0.6 is 11.6 Å². The van der Waals surface area contributed by atoms with Crippen molar-refractivity contribution in [3.05, 3.63) is 53.5 Å². The quantitative estimate of drug-likeness (QED) is 0.760. The third kappa shape index (κ3) is 2.64. The summed E-state index contributed by atoms with van der Waals surface area (Å²) in [6.45, 7) is 2.05. The van der Waals surface area contributed by atoms with Crippen molar-refractivity contribution >= 4 is 11.6 Å². The Balaban J connectivity index is 2.20. The van der Waals surface area contributed by atoms with E-state index in [4.69, 9.17) is 20.8 Å². The zero-order valence-electron chi connectivity index (χ0n) is 9.94. The molecule has 2 rings (SSSR count). The number of hydrogen-bond acceptors (Lipinski definition) is 2. The van der Waals surface area contributed by atoms with Gasteiger partial charge in [0.15, 0.2) is 0 Å². The van der Waals surface area contributed by atoms with Crippen LogP contribution in [0.3, 0.4) is 0 Å².